The van der Waals surface area contributed by atoms with E-state index in [9.17, 15) is 0 Å². The molecule has 0 spiro atoms. The van der Waals surface area contributed by atoms with Crippen LogP contribution in [0.4, 0.5) is 0 Å². The van der Waals surface area contributed by atoms with Crippen LogP contribution in [0, 0.1) is 5.92 Å². The Hall–Kier alpha value is -0.0431. The maximum Gasteiger partial charge on any atom is 0.00315 e. The van der Waals surface area contributed by atoms with Crippen LogP contribution in [0.1, 0.15) is 13.3 Å². The second-order valence-corrected chi connectivity index (χ2v) is 2.85. The fourth-order valence-electron chi connectivity index (χ4n) is 0.451. The molecule has 0 heterocycles. The summed E-state index contributed by atoms with van der Waals surface area (Å²) < 4.78 is 0. The molecular weight excluding hydrogens is 100 g/mol. The Morgan fingerprint density at radius 3 is 2.57 bits per heavy atom. The molecule has 0 N–H and O–H groups in total. The number of hydrogen-bond donors (Lipinski definition) is 0. The maximum absolute atomic E-state index is 3.66. The van der Waals surface area contributed by atoms with Crippen molar-refractivity contribution in [1.82, 2.24) is 0 Å². The summed E-state index contributed by atoms with van der Waals surface area (Å²) in [6, 6.07) is 1.41. The molecule has 0 saturated heterocycles. The summed E-state index contributed by atoms with van der Waals surface area (Å²) in [5.41, 5.74) is 0. The Balaban J connectivity index is 2.98. The van der Waals surface area contributed by atoms with Crippen molar-refractivity contribution >= 4 is 10.2 Å². The number of allylic oxidation sites excluding steroid dienone is 1. The van der Waals surface area contributed by atoms with E-state index in [1.54, 1.807) is 0 Å². The minimum Gasteiger partial charge on any atom is -0.103 e. The highest BCUT2D eigenvalue weighted by Crippen LogP contribution is 2.03. The first-order chi connectivity index (χ1) is 3.31. The average Bonchev–Trinajstić information content (AvgIpc) is 1.68. The zero-order chi connectivity index (χ0) is 5.70. The lowest BCUT2D eigenvalue weighted by atomic mass is 10.1. The van der Waals surface area contributed by atoms with Crippen molar-refractivity contribution in [1.29, 1.82) is 0 Å². The van der Waals surface area contributed by atoms with Gasteiger partial charge < -0.3 is 0 Å². The molecule has 0 nitrogen and oxygen atoms in total. The summed E-state index contributed by atoms with van der Waals surface area (Å²) in [5.74, 6) is 0.893. The standard InChI is InChI=1S/C6H14Si/c1-3-4-6(2)5-7/h3,6H,1,4-5H2,2,7H3. The van der Waals surface area contributed by atoms with Crippen molar-refractivity contribution in [2.75, 3.05) is 0 Å². The highest BCUT2D eigenvalue weighted by Gasteiger charge is 1.90. The van der Waals surface area contributed by atoms with Gasteiger partial charge in [0.2, 0.25) is 0 Å². The van der Waals surface area contributed by atoms with E-state index >= 15 is 0 Å². The van der Waals surface area contributed by atoms with Crippen molar-refractivity contribution in [2.45, 2.75) is 19.4 Å². The van der Waals surface area contributed by atoms with E-state index in [1.165, 1.54) is 22.7 Å². The highest BCUT2D eigenvalue weighted by molar-refractivity contribution is 6.08. The predicted octanol–water partition coefficient (Wildman–Crippen LogP) is 0.982. The third-order valence-corrected chi connectivity index (χ3v) is 2.66. The molecule has 0 aromatic carbocycles. The summed E-state index contributed by atoms with van der Waals surface area (Å²) >= 11 is 0. The van der Waals surface area contributed by atoms with Crippen LogP contribution in [0.25, 0.3) is 0 Å². The molecular formula is C6H14Si. The summed E-state index contributed by atoms with van der Waals surface area (Å²) in [5, 5.41) is 0. The van der Waals surface area contributed by atoms with Gasteiger partial charge in [0.25, 0.3) is 0 Å². The summed E-state index contributed by atoms with van der Waals surface area (Å²) in [7, 11) is 1.34. The van der Waals surface area contributed by atoms with Crippen molar-refractivity contribution in [3.05, 3.63) is 12.7 Å². The predicted molar refractivity (Wildman–Crippen MR) is 38.7 cm³/mol. The normalized spacial score (nSPS) is 13.9. The zero-order valence-corrected chi connectivity index (χ0v) is 7.28. The number of hydrogen-bond acceptors (Lipinski definition) is 0. The Labute approximate surface area is 49.0 Å². The van der Waals surface area contributed by atoms with Crippen LogP contribution in [0.15, 0.2) is 12.7 Å². The van der Waals surface area contributed by atoms with E-state index in [0.29, 0.717) is 0 Å². The van der Waals surface area contributed by atoms with E-state index in [1.807, 2.05) is 6.08 Å². The summed E-state index contributed by atoms with van der Waals surface area (Å²) in [6.07, 6.45) is 3.20. The zero-order valence-electron chi connectivity index (χ0n) is 5.28. The van der Waals surface area contributed by atoms with Crippen molar-refractivity contribution in [3.63, 3.8) is 0 Å². The highest BCUT2D eigenvalue weighted by atomic mass is 28.1. The van der Waals surface area contributed by atoms with Crippen molar-refractivity contribution < 1.29 is 0 Å². The van der Waals surface area contributed by atoms with E-state index < -0.39 is 0 Å². The van der Waals surface area contributed by atoms with E-state index in [-0.39, 0.29) is 0 Å². The minimum absolute atomic E-state index is 0.893. The largest absolute Gasteiger partial charge is 0.103 e. The van der Waals surface area contributed by atoms with Gasteiger partial charge in [0, 0.05) is 10.2 Å². The van der Waals surface area contributed by atoms with Gasteiger partial charge in [-0.2, -0.15) is 0 Å². The number of rotatable bonds is 3. The molecule has 0 bridgehead atoms. The molecule has 0 amide bonds. The van der Waals surface area contributed by atoms with Gasteiger partial charge in [-0.1, -0.05) is 19.0 Å². The third-order valence-electron chi connectivity index (χ3n) is 1.27. The molecule has 1 unspecified atom stereocenters. The molecule has 0 saturated carbocycles. The van der Waals surface area contributed by atoms with E-state index in [0.717, 1.165) is 5.92 Å². The topological polar surface area (TPSA) is 0 Å². The first-order valence-electron chi connectivity index (χ1n) is 2.92. The second kappa shape index (κ2) is 4.12. The van der Waals surface area contributed by atoms with E-state index in [4.69, 9.17) is 0 Å². The molecule has 0 aromatic heterocycles. The first-order valence-corrected chi connectivity index (χ1v) is 4.33. The lowest BCUT2D eigenvalue weighted by Gasteiger charge is -2.00. The van der Waals surface area contributed by atoms with Crippen LogP contribution in [0.3, 0.4) is 0 Å². The van der Waals surface area contributed by atoms with Crippen molar-refractivity contribution in [2.24, 2.45) is 5.92 Å². The fraction of sp³-hybridized carbons (Fsp3) is 0.667. The molecule has 7 heavy (non-hydrogen) atoms. The monoisotopic (exact) mass is 114 g/mol. The summed E-state index contributed by atoms with van der Waals surface area (Å²) in [4.78, 5) is 0. The Morgan fingerprint density at radius 1 is 1.86 bits per heavy atom. The molecule has 0 aliphatic rings. The molecule has 1 heteroatoms. The van der Waals surface area contributed by atoms with Gasteiger partial charge in [-0.3, -0.25) is 0 Å². The van der Waals surface area contributed by atoms with Gasteiger partial charge in [-0.25, -0.2) is 0 Å². The molecule has 0 aromatic rings. The SMILES string of the molecule is C=CCC(C)C[SiH3]. The lowest BCUT2D eigenvalue weighted by molar-refractivity contribution is 0.664. The minimum atomic E-state index is 0.893. The van der Waals surface area contributed by atoms with Gasteiger partial charge in [0.1, 0.15) is 0 Å². The van der Waals surface area contributed by atoms with Gasteiger partial charge in [-0.05, 0) is 12.3 Å². The van der Waals surface area contributed by atoms with Crippen LogP contribution in [0.5, 0.6) is 0 Å². The van der Waals surface area contributed by atoms with Crippen LogP contribution in [0.2, 0.25) is 6.04 Å². The van der Waals surface area contributed by atoms with Gasteiger partial charge in [-0.15, -0.1) is 6.58 Å². The van der Waals surface area contributed by atoms with Crippen LogP contribution in [-0.4, -0.2) is 10.2 Å². The van der Waals surface area contributed by atoms with Gasteiger partial charge in [0.15, 0.2) is 0 Å². The first kappa shape index (κ1) is 6.96. The van der Waals surface area contributed by atoms with Gasteiger partial charge in [0.05, 0.1) is 0 Å². The fourth-order valence-corrected chi connectivity index (χ4v) is 0.785. The molecule has 1 atom stereocenters. The molecule has 0 fully saturated rings. The molecule has 0 aliphatic carbocycles. The molecule has 0 rings (SSSR count). The third kappa shape index (κ3) is 3.80. The van der Waals surface area contributed by atoms with E-state index in [2.05, 4.69) is 13.5 Å². The second-order valence-electron chi connectivity index (χ2n) is 2.04. The molecule has 0 aliphatic heterocycles. The van der Waals surface area contributed by atoms with Crippen molar-refractivity contribution in [3.8, 4) is 0 Å². The maximum atomic E-state index is 3.66. The lowest BCUT2D eigenvalue weighted by Crippen LogP contribution is -1.88. The quantitative estimate of drug-likeness (QED) is 0.379. The summed E-state index contributed by atoms with van der Waals surface area (Å²) in [6.45, 7) is 5.94. The smallest absolute Gasteiger partial charge is 0.00315 e. The van der Waals surface area contributed by atoms with Crippen LogP contribution >= 0.6 is 0 Å². The Morgan fingerprint density at radius 2 is 2.43 bits per heavy atom. The molecule has 42 valence electrons. The Bertz CT molecular complexity index is 50.1. The Kier molecular flexibility index (Phi) is 4.10. The average molecular weight is 114 g/mol. The molecule has 0 radical (unpaired) electrons. The van der Waals surface area contributed by atoms with Crippen LogP contribution < -0.4 is 0 Å². The van der Waals surface area contributed by atoms with Crippen LogP contribution in [-0.2, 0) is 0 Å². The van der Waals surface area contributed by atoms with Gasteiger partial charge >= 0.3 is 0 Å².